The van der Waals surface area contributed by atoms with Crippen molar-refractivity contribution in [3.63, 3.8) is 0 Å². The van der Waals surface area contributed by atoms with Crippen molar-refractivity contribution in [2.45, 2.75) is 32.4 Å². The number of ether oxygens (including phenoxy) is 1. The number of methoxy groups -OCH3 is 1. The molecule has 39 heavy (non-hydrogen) atoms. The molecule has 0 radical (unpaired) electrons. The normalized spacial score (nSPS) is 19.5. The summed E-state index contributed by atoms with van der Waals surface area (Å²) in [6, 6.07) is 7.66. The van der Waals surface area contributed by atoms with Gasteiger partial charge in [0.25, 0.3) is 5.91 Å². The molecule has 2 fully saturated rings. The lowest BCUT2D eigenvalue weighted by atomic mass is 10.1. The van der Waals surface area contributed by atoms with Crippen LogP contribution in [0.3, 0.4) is 0 Å². The number of aromatic nitrogens is 3. The fourth-order valence-electron chi connectivity index (χ4n) is 4.93. The summed E-state index contributed by atoms with van der Waals surface area (Å²) in [6.45, 7) is 3.26. The summed E-state index contributed by atoms with van der Waals surface area (Å²) in [5, 5.41) is 20.0. The van der Waals surface area contributed by atoms with E-state index in [0.29, 0.717) is 42.8 Å². The Labute approximate surface area is 225 Å². The molecule has 1 aliphatic carbocycles. The number of hydrogen-bond donors (Lipinski definition) is 3. The first-order valence-electron chi connectivity index (χ1n) is 12.7. The summed E-state index contributed by atoms with van der Waals surface area (Å²) in [6.07, 6.45) is 6.18. The summed E-state index contributed by atoms with van der Waals surface area (Å²) in [4.78, 5) is 43.1. The molecule has 0 bridgehead atoms. The van der Waals surface area contributed by atoms with Crippen LogP contribution < -0.4 is 16.4 Å². The van der Waals surface area contributed by atoms with Gasteiger partial charge in [0, 0.05) is 49.8 Å². The molecule has 3 aromatic rings. The Kier molecular flexibility index (Phi) is 6.93. The van der Waals surface area contributed by atoms with Crippen LogP contribution in [-0.2, 0) is 20.9 Å². The van der Waals surface area contributed by atoms with Crippen molar-refractivity contribution in [1.82, 2.24) is 24.8 Å². The standard InChI is InChI=1S/C27H30N8O4/c1-16-11-34(26(38)27(15-28)5-6-27)13-21(16)33-24-20(25(29)37)10-32-35-12-18(7-22(24)35)17-3-4-19(30-8-17)9-31-23(36)14-39-2/h3-4,7-8,10,12,16,21,33H,5-6,9,11,13-14H2,1-2H3,(H2,29,37)(H,31,36)/t16-,21-/m1/s1. The average Bonchev–Trinajstić information content (AvgIpc) is 3.47. The number of nitrogens with one attached hydrogen (secondary N) is 2. The molecular formula is C27H30N8O4. The number of rotatable bonds is 9. The molecule has 2 atom stereocenters. The Morgan fingerprint density at radius 3 is 2.67 bits per heavy atom. The van der Waals surface area contributed by atoms with Crippen LogP contribution in [0.5, 0.6) is 0 Å². The van der Waals surface area contributed by atoms with E-state index in [2.05, 4.69) is 26.8 Å². The van der Waals surface area contributed by atoms with Crippen LogP contribution >= 0.6 is 0 Å². The Morgan fingerprint density at radius 1 is 1.23 bits per heavy atom. The summed E-state index contributed by atoms with van der Waals surface area (Å²) in [7, 11) is 1.46. The lowest BCUT2D eigenvalue weighted by Crippen LogP contribution is -2.36. The van der Waals surface area contributed by atoms with Crippen molar-refractivity contribution in [3.05, 3.63) is 48.0 Å². The number of pyridine rings is 1. The van der Waals surface area contributed by atoms with Gasteiger partial charge in [-0.2, -0.15) is 10.4 Å². The van der Waals surface area contributed by atoms with E-state index in [9.17, 15) is 19.6 Å². The van der Waals surface area contributed by atoms with E-state index < -0.39 is 11.3 Å². The Morgan fingerprint density at radius 2 is 2.03 bits per heavy atom. The minimum absolute atomic E-state index is 0.0132. The molecule has 0 aromatic carbocycles. The van der Waals surface area contributed by atoms with Gasteiger partial charge in [0.15, 0.2) is 0 Å². The minimum atomic E-state index is -0.869. The molecule has 3 amide bonds. The van der Waals surface area contributed by atoms with Crippen LogP contribution in [0.1, 0.15) is 35.8 Å². The van der Waals surface area contributed by atoms with E-state index in [-0.39, 0.29) is 42.5 Å². The fourth-order valence-corrected chi connectivity index (χ4v) is 4.93. The first-order chi connectivity index (χ1) is 18.7. The van der Waals surface area contributed by atoms with Gasteiger partial charge >= 0.3 is 0 Å². The second-order valence-electron chi connectivity index (χ2n) is 10.2. The lowest BCUT2D eigenvalue weighted by molar-refractivity contribution is -0.134. The highest BCUT2D eigenvalue weighted by atomic mass is 16.5. The van der Waals surface area contributed by atoms with Gasteiger partial charge in [-0.25, -0.2) is 4.52 Å². The molecule has 0 spiro atoms. The summed E-state index contributed by atoms with van der Waals surface area (Å²) in [5.41, 5.74) is 8.64. The van der Waals surface area contributed by atoms with E-state index in [1.807, 2.05) is 31.3 Å². The lowest BCUT2D eigenvalue weighted by Gasteiger charge is -2.21. The second kappa shape index (κ2) is 10.3. The van der Waals surface area contributed by atoms with Gasteiger partial charge in [-0.15, -0.1) is 0 Å². The number of hydrogen-bond acceptors (Lipinski definition) is 8. The summed E-state index contributed by atoms with van der Waals surface area (Å²) < 4.78 is 6.48. The van der Waals surface area contributed by atoms with Crippen LogP contribution in [0.15, 0.2) is 36.8 Å². The van der Waals surface area contributed by atoms with Crippen LogP contribution in [0.4, 0.5) is 5.69 Å². The first kappa shape index (κ1) is 26.1. The van der Waals surface area contributed by atoms with Crippen molar-refractivity contribution in [1.29, 1.82) is 5.26 Å². The molecule has 5 rings (SSSR count). The van der Waals surface area contributed by atoms with E-state index >= 15 is 0 Å². The molecule has 0 unspecified atom stereocenters. The predicted molar refractivity (Wildman–Crippen MR) is 141 cm³/mol. The third-order valence-corrected chi connectivity index (χ3v) is 7.41. The van der Waals surface area contributed by atoms with Crippen molar-refractivity contribution in [2.24, 2.45) is 17.1 Å². The molecule has 2 aliphatic rings. The van der Waals surface area contributed by atoms with Crippen LogP contribution in [0.25, 0.3) is 16.6 Å². The van der Waals surface area contributed by atoms with Crippen molar-refractivity contribution in [3.8, 4) is 17.2 Å². The van der Waals surface area contributed by atoms with Crippen LogP contribution in [-0.4, -0.2) is 70.1 Å². The van der Waals surface area contributed by atoms with Crippen molar-refractivity contribution >= 4 is 28.9 Å². The second-order valence-corrected chi connectivity index (χ2v) is 10.2. The number of anilines is 1. The van der Waals surface area contributed by atoms with Gasteiger partial charge in [0.1, 0.15) is 12.0 Å². The van der Waals surface area contributed by atoms with Gasteiger partial charge < -0.3 is 26.0 Å². The van der Waals surface area contributed by atoms with Gasteiger partial charge in [-0.1, -0.05) is 13.0 Å². The third-order valence-electron chi connectivity index (χ3n) is 7.41. The number of nitrogens with two attached hydrogens (primary N) is 1. The molecule has 1 aliphatic heterocycles. The molecule has 12 nitrogen and oxygen atoms in total. The zero-order valence-electron chi connectivity index (χ0n) is 21.8. The molecule has 1 saturated heterocycles. The Bertz CT molecular complexity index is 1470. The van der Waals surface area contributed by atoms with E-state index in [4.69, 9.17) is 10.5 Å². The summed E-state index contributed by atoms with van der Waals surface area (Å²) in [5.74, 6) is -0.861. The number of likely N-dealkylation sites (tertiary alicyclic amines) is 1. The third kappa shape index (κ3) is 5.13. The number of nitrogens with zero attached hydrogens (tertiary/aromatic N) is 5. The molecule has 12 heteroatoms. The maximum absolute atomic E-state index is 12.9. The highest BCUT2D eigenvalue weighted by Crippen LogP contribution is 2.47. The van der Waals surface area contributed by atoms with Crippen molar-refractivity contribution < 1.29 is 19.1 Å². The maximum Gasteiger partial charge on any atom is 0.252 e. The largest absolute Gasteiger partial charge is 0.378 e. The van der Waals surface area contributed by atoms with Gasteiger partial charge in [0.2, 0.25) is 11.8 Å². The number of amides is 3. The van der Waals surface area contributed by atoms with Crippen LogP contribution in [0, 0.1) is 22.7 Å². The topological polar surface area (TPSA) is 168 Å². The maximum atomic E-state index is 12.9. The molecular weight excluding hydrogens is 500 g/mol. The average molecular weight is 531 g/mol. The van der Waals surface area contributed by atoms with Gasteiger partial charge in [-0.3, -0.25) is 19.4 Å². The van der Waals surface area contributed by atoms with Crippen LogP contribution in [0.2, 0.25) is 0 Å². The number of fused-ring (bicyclic) bond motifs is 1. The number of nitriles is 1. The van der Waals surface area contributed by atoms with E-state index in [1.165, 1.54) is 13.3 Å². The molecule has 1 saturated carbocycles. The molecule has 202 valence electrons. The SMILES string of the molecule is COCC(=O)NCc1ccc(-c2cc3c(N[C@@H]4CN(C(=O)C5(C#N)CC5)C[C@H]4C)c(C(N)=O)cnn3c2)cn1. The Hall–Kier alpha value is -4.50. The number of carbonyl (C=O) groups excluding carboxylic acids is 3. The minimum Gasteiger partial charge on any atom is -0.378 e. The highest BCUT2D eigenvalue weighted by molar-refractivity contribution is 6.02. The molecule has 4 N–H and O–H groups in total. The molecule has 3 aromatic heterocycles. The quantitative estimate of drug-likeness (QED) is 0.372. The predicted octanol–water partition coefficient (Wildman–Crippen LogP) is 1.32. The summed E-state index contributed by atoms with van der Waals surface area (Å²) >= 11 is 0. The van der Waals surface area contributed by atoms with Gasteiger partial charge in [-0.05, 0) is 30.9 Å². The number of carbonyl (C=O) groups is 3. The zero-order chi connectivity index (χ0) is 27.7. The Balaban J connectivity index is 1.38. The molecule has 4 heterocycles. The van der Waals surface area contributed by atoms with Gasteiger partial charge in [0.05, 0.1) is 41.3 Å². The highest BCUT2D eigenvalue weighted by Gasteiger charge is 2.54. The van der Waals surface area contributed by atoms with E-state index in [0.717, 1.165) is 11.1 Å². The fraction of sp³-hybridized carbons (Fsp3) is 0.407. The number of primary amides is 1. The van der Waals surface area contributed by atoms with Crippen molar-refractivity contribution in [2.75, 3.05) is 32.1 Å². The first-order valence-corrected chi connectivity index (χ1v) is 12.7. The monoisotopic (exact) mass is 530 g/mol. The zero-order valence-corrected chi connectivity index (χ0v) is 21.8. The van der Waals surface area contributed by atoms with E-state index in [1.54, 1.807) is 15.6 Å². The smallest absolute Gasteiger partial charge is 0.252 e.